The zero-order chi connectivity index (χ0) is 41.4. The second-order valence-corrected chi connectivity index (χ2v) is 17.0. The van der Waals surface area contributed by atoms with Crippen molar-refractivity contribution in [3.05, 3.63) is 24.3 Å². The lowest BCUT2D eigenvalue weighted by atomic mass is 10.0. The van der Waals surface area contributed by atoms with E-state index in [-0.39, 0.29) is 42.7 Å². The Morgan fingerprint density at radius 2 is 0.946 bits per heavy atom. The number of esters is 2. The summed E-state index contributed by atoms with van der Waals surface area (Å²) in [6, 6.07) is -0.724. The van der Waals surface area contributed by atoms with Gasteiger partial charge in [-0.15, -0.1) is 0 Å². The molecule has 0 heterocycles. The third-order valence-corrected chi connectivity index (χ3v) is 10.6. The summed E-state index contributed by atoms with van der Waals surface area (Å²) in [6.07, 6.45) is 43.3. The number of hydrogen-bond acceptors (Lipinski definition) is 7. The number of unbranched alkanes of at least 4 members (excludes halogenated alkanes) is 24. The Balaban J connectivity index is 4.30. The largest absolute Gasteiger partial charge is 0.544 e. The molecule has 0 aromatic carbocycles. The molecular weight excluding hydrogens is 703 g/mol. The standard InChI is InChI=1S/C48H89NO7/c1-6-8-10-12-14-16-18-20-22-23-25-27-29-31-33-35-37-39-47(51)56-44(42-54-41-40-45(48(52)53)49(3,4)5)43-55-46(50)38-36-34-32-30-28-26-24-21-19-17-15-13-11-9-7-2/h14,16,20,22,44-45H,6-13,15,17-19,21,23-43H2,1-5H3/b16-14-,22-20-. The van der Waals surface area contributed by atoms with Crippen LogP contribution in [0.15, 0.2) is 24.3 Å². The van der Waals surface area contributed by atoms with E-state index in [0.29, 0.717) is 12.8 Å². The highest BCUT2D eigenvalue weighted by Gasteiger charge is 2.25. The fraction of sp³-hybridized carbons (Fsp3) is 0.854. The molecule has 0 aliphatic carbocycles. The molecule has 0 fully saturated rings. The van der Waals surface area contributed by atoms with Gasteiger partial charge in [0, 0.05) is 19.3 Å². The summed E-state index contributed by atoms with van der Waals surface area (Å²) in [4.78, 5) is 36.9. The Kier molecular flexibility index (Phi) is 38.1. The monoisotopic (exact) mass is 792 g/mol. The number of hydrogen-bond donors (Lipinski definition) is 0. The minimum Gasteiger partial charge on any atom is -0.544 e. The van der Waals surface area contributed by atoms with Crippen LogP contribution in [0.25, 0.3) is 0 Å². The number of likely N-dealkylation sites (N-methyl/N-ethyl adjacent to an activating group) is 1. The van der Waals surface area contributed by atoms with E-state index in [4.69, 9.17) is 14.2 Å². The summed E-state index contributed by atoms with van der Waals surface area (Å²) in [6.45, 7) is 4.65. The fourth-order valence-corrected chi connectivity index (χ4v) is 6.93. The summed E-state index contributed by atoms with van der Waals surface area (Å²) in [7, 11) is 5.41. The van der Waals surface area contributed by atoms with Gasteiger partial charge in [0.1, 0.15) is 12.6 Å². The van der Waals surface area contributed by atoms with Gasteiger partial charge in [-0.2, -0.15) is 0 Å². The molecule has 0 spiro atoms. The molecule has 0 aliphatic rings. The van der Waals surface area contributed by atoms with Gasteiger partial charge in [-0.1, -0.05) is 173 Å². The molecule has 0 N–H and O–H groups in total. The Morgan fingerprint density at radius 1 is 0.536 bits per heavy atom. The van der Waals surface area contributed by atoms with Crippen molar-refractivity contribution in [2.75, 3.05) is 41.0 Å². The van der Waals surface area contributed by atoms with Crippen LogP contribution in [0.3, 0.4) is 0 Å². The minimum absolute atomic E-state index is 0.0415. The molecule has 0 aliphatic heterocycles. The normalized spacial score (nSPS) is 13.1. The van der Waals surface area contributed by atoms with Crippen molar-refractivity contribution in [1.82, 2.24) is 0 Å². The Labute approximate surface area is 345 Å². The first kappa shape index (κ1) is 53.8. The molecule has 56 heavy (non-hydrogen) atoms. The lowest BCUT2D eigenvalue weighted by Gasteiger charge is -2.34. The molecule has 0 amide bonds. The first-order valence-electron chi connectivity index (χ1n) is 23.4. The van der Waals surface area contributed by atoms with E-state index in [1.54, 1.807) is 21.1 Å². The molecule has 0 bridgehead atoms. The van der Waals surface area contributed by atoms with Gasteiger partial charge in [-0.05, 0) is 44.9 Å². The van der Waals surface area contributed by atoms with Crippen molar-refractivity contribution in [3.8, 4) is 0 Å². The second kappa shape index (κ2) is 39.6. The zero-order valence-electron chi connectivity index (χ0n) is 37.3. The first-order chi connectivity index (χ1) is 27.1. The quantitative estimate of drug-likeness (QED) is 0.0262. The van der Waals surface area contributed by atoms with Crippen molar-refractivity contribution >= 4 is 17.9 Å². The molecular formula is C48H89NO7. The highest BCUT2D eigenvalue weighted by molar-refractivity contribution is 5.70. The maximum Gasteiger partial charge on any atom is 0.306 e. The number of allylic oxidation sites excluding steroid dienone is 4. The molecule has 328 valence electrons. The van der Waals surface area contributed by atoms with Crippen LogP contribution in [-0.4, -0.2) is 75.5 Å². The van der Waals surface area contributed by atoms with Gasteiger partial charge in [0.15, 0.2) is 6.10 Å². The van der Waals surface area contributed by atoms with E-state index in [0.717, 1.165) is 51.4 Å². The maximum absolute atomic E-state index is 12.7. The second-order valence-electron chi connectivity index (χ2n) is 17.0. The van der Waals surface area contributed by atoms with Gasteiger partial charge >= 0.3 is 11.9 Å². The number of nitrogens with zero attached hydrogens (tertiary/aromatic N) is 1. The van der Waals surface area contributed by atoms with Gasteiger partial charge in [-0.25, -0.2) is 0 Å². The molecule has 0 saturated carbocycles. The van der Waals surface area contributed by atoms with Crippen LogP contribution in [0.5, 0.6) is 0 Å². The molecule has 0 aromatic heterocycles. The molecule has 0 rings (SSSR count). The van der Waals surface area contributed by atoms with E-state index in [1.807, 2.05) is 0 Å². The number of ether oxygens (including phenoxy) is 3. The van der Waals surface area contributed by atoms with E-state index >= 15 is 0 Å². The highest BCUT2D eigenvalue weighted by Crippen LogP contribution is 2.15. The summed E-state index contributed by atoms with van der Waals surface area (Å²) < 4.78 is 17.2. The van der Waals surface area contributed by atoms with Crippen molar-refractivity contribution in [2.45, 2.75) is 225 Å². The predicted molar refractivity (Wildman–Crippen MR) is 231 cm³/mol. The molecule has 8 nitrogen and oxygen atoms in total. The number of aliphatic carboxylic acids is 1. The molecule has 0 saturated heterocycles. The molecule has 0 aromatic rings. The van der Waals surface area contributed by atoms with Crippen molar-refractivity contribution in [2.24, 2.45) is 0 Å². The molecule has 2 atom stereocenters. The third kappa shape index (κ3) is 37.4. The van der Waals surface area contributed by atoms with Crippen LogP contribution in [0, 0.1) is 0 Å². The topological polar surface area (TPSA) is 102 Å². The maximum atomic E-state index is 12.7. The van der Waals surface area contributed by atoms with Crippen molar-refractivity contribution in [1.29, 1.82) is 0 Å². The summed E-state index contributed by atoms with van der Waals surface area (Å²) >= 11 is 0. The van der Waals surface area contributed by atoms with Crippen LogP contribution in [-0.2, 0) is 28.6 Å². The van der Waals surface area contributed by atoms with Crippen LogP contribution >= 0.6 is 0 Å². The molecule has 2 unspecified atom stereocenters. The Morgan fingerprint density at radius 3 is 1.41 bits per heavy atom. The van der Waals surface area contributed by atoms with Crippen LogP contribution in [0.2, 0.25) is 0 Å². The van der Waals surface area contributed by atoms with Gasteiger partial charge in [0.05, 0.1) is 40.3 Å². The third-order valence-electron chi connectivity index (χ3n) is 10.6. The smallest absolute Gasteiger partial charge is 0.306 e. The summed E-state index contributed by atoms with van der Waals surface area (Å²) in [5.41, 5.74) is 0. The molecule has 0 radical (unpaired) electrons. The van der Waals surface area contributed by atoms with E-state index in [9.17, 15) is 19.5 Å². The van der Waals surface area contributed by atoms with Crippen molar-refractivity contribution in [3.63, 3.8) is 0 Å². The Bertz CT molecular complexity index is 973. The Hall–Kier alpha value is -2.19. The number of carbonyl (C=O) groups is 3. The number of carbonyl (C=O) groups excluding carboxylic acids is 3. The number of carboxylic acid groups (broad SMARTS) is 1. The van der Waals surface area contributed by atoms with Crippen LogP contribution < -0.4 is 5.11 Å². The summed E-state index contributed by atoms with van der Waals surface area (Å²) in [5, 5.41) is 11.6. The van der Waals surface area contributed by atoms with E-state index < -0.39 is 18.1 Å². The van der Waals surface area contributed by atoms with Gasteiger partial charge in [0.25, 0.3) is 0 Å². The lowest BCUT2D eigenvalue weighted by molar-refractivity contribution is -0.889. The van der Waals surface area contributed by atoms with Gasteiger partial charge in [0.2, 0.25) is 0 Å². The lowest BCUT2D eigenvalue weighted by Crippen LogP contribution is -2.55. The average Bonchev–Trinajstić information content (AvgIpc) is 3.15. The number of carboxylic acids is 1. The van der Waals surface area contributed by atoms with Crippen LogP contribution in [0.4, 0.5) is 0 Å². The van der Waals surface area contributed by atoms with Crippen LogP contribution in [0.1, 0.15) is 213 Å². The summed E-state index contributed by atoms with van der Waals surface area (Å²) in [5.74, 6) is -1.73. The molecule has 8 heteroatoms. The van der Waals surface area contributed by atoms with Gasteiger partial charge < -0.3 is 28.6 Å². The highest BCUT2D eigenvalue weighted by atomic mass is 16.6. The van der Waals surface area contributed by atoms with Gasteiger partial charge in [-0.3, -0.25) is 9.59 Å². The number of quaternary nitrogens is 1. The average molecular weight is 792 g/mol. The van der Waals surface area contributed by atoms with E-state index in [1.165, 1.54) is 128 Å². The predicted octanol–water partition coefficient (Wildman–Crippen LogP) is 11.5. The van der Waals surface area contributed by atoms with E-state index in [2.05, 4.69) is 38.2 Å². The zero-order valence-corrected chi connectivity index (χ0v) is 37.3. The van der Waals surface area contributed by atoms with Crippen molar-refractivity contribution < 1.29 is 38.2 Å². The minimum atomic E-state index is -1.12. The first-order valence-corrected chi connectivity index (χ1v) is 23.4. The number of rotatable bonds is 42. The SMILES string of the molecule is CCCCC/C=C\C/C=C\CCCCCCCCCC(=O)OC(COCCC(C(=O)[O-])[N+](C)(C)C)COC(=O)CCCCCCCCCCCCCCCCC. The fourth-order valence-electron chi connectivity index (χ4n) is 6.93.